The second-order valence-corrected chi connectivity index (χ2v) is 14.6. The van der Waals surface area contributed by atoms with Gasteiger partial charge in [-0.05, 0) is 90.3 Å². The molecule has 268 valence electrons. The number of carbonyl (C=O) groups excluding carboxylic acids is 3. The minimum Gasteiger partial charge on any atom is -0.443 e. The molecule has 3 aromatic carbocycles. The zero-order valence-corrected chi connectivity index (χ0v) is 30.3. The van der Waals surface area contributed by atoms with E-state index in [-0.39, 0.29) is 18.5 Å². The molecule has 1 saturated carbocycles. The topological polar surface area (TPSA) is 130 Å². The maximum absolute atomic E-state index is 14.5. The number of fused-ring (bicyclic) bond motifs is 1. The van der Waals surface area contributed by atoms with E-state index >= 15 is 0 Å². The Kier molecular flexibility index (Phi) is 11.3. The summed E-state index contributed by atoms with van der Waals surface area (Å²) in [6, 6.07) is 24.3. The Balaban J connectivity index is 1.49. The van der Waals surface area contributed by atoms with E-state index in [1.807, 2.05) is 66.7 Å². The maximum atomic E-state index is 14.5. The van der Waals surface area contributed by atoms with Gasteiger partial charge in [-0.3, -0.25) is 4.90 Å². The number of para-hydroxylation sites is 1. The summed E-state index contributed by atoms with van der Waals surface area (Å²) in [6.07, 6.45) is 7.40. The number of nitrogens with zero attached hydrogens (tertiary/aromatic N) is 5. The molecule has 1 fully saturated rings. The fraction of sp³-hybridized carbons (Fsp3) is 0.375. The van der Waals surface area contributed by atoms with Gasteiger partial charge < -0.3 is 15.2 Å². The number of hydrogen-bond donors (Lipinski definition) is 1. The number of carbonyl (C=O) groups is 3. The SMILES string of the molecule is CC(C)(C)OC(=O)N(C(=O)OC(C)(C)C)C(N)=Nc1ccc(N2C(=O)N(C/C=C/c3ccccc3)N=C(C3CCCCC3)c3ccccc32)cc1. The van der Waals surface area contributed by atoms with Gasteiger partial charge in [0.05, 0.1) is 29.3 Å². The lowest BCUT2D eigenvalue weighted by Gasteiger charge is -2.28. The molecular weight excluding hydrogens is 644 g/mol. The first-order valence-corrected chi connectivity index (χ1v) is 17.4. The van der Waals surface area contributed by atoms with Crippen molar-refractivity contribution in [1.29, 1.82) is 0 Å². The molecule has 2 N–H and O–H groups in total. The minimum atomic E-state index is -1.02. The Hall–Kier alpha value is -5.45. The number of rotatable bonds is 6. The van der Waals surface area contributed by atoms with Crippen LogP contribution in [0.5, 0.6) is 0 Å². The van der Waals surface area contributed by atoms with E-state index in [1.165, 1.54) is 11.4 Å². The van der Waals surface area contributed by atoms with Crippen LogP contribution >= 0.6 is 0 Å². The Morgan fingerprint density at radius 3 is 2.06 bits per heavy atom. The molecule has 1 aliphatic carbocycles. The number of hydrogen-bond acceptors (Lipinski definition) is 7. The zero-order chi connectivity index (χ0) is 36.8. The number of anilines is 2. The molecule has 2 aliphatic rings. The van der Waals surface area contributed by atoms with E-state index in [2.05, 4.69) is 4.99 Å². The van der Waals surface area contributed by atoms with E-state index in [1.54, 1.807) is 70.7 Å². The first-order valence-electron chi connectivity index (χ1n) is 17.4. The first kappa shape index (κ1) is 36.8. The highest BCUT2D eigenvalue weighted by Gasteiger charge is 2.35. The lowest BCUT2D eigenvalue weighted by Crippen LogP contribution is -2.49. The molecule has 51 heavy (non-hydrogen) atoms. The van der Waals surface area contributed by atoms with Crippen molar-refractivity contribution in [3.05, 3.63) is 96.1 Å². The van der Waals surface area contributed by atoms with Gasteiger partial charge in [0.15, 0.2) is 0 Å². The lowest BCUT2D eigenvalue weighted by atomic mass is 9.83. The predicted octanol–water partition coefficient (Wildman–Crippen LogP) is 9.38. The number of benzene rings is 3. The molecule has 4 amide bonds. The molecule has 1 heterocycles. The molecule has 0 bridgehead atoms. The Morgan fingerprint density at radius 2 is 1.45 bits per heavy atom. The van der Waals surface area contributed by atoms with Crippen molar-refractivity contribution < 1.29 is 23.9 Å². The monoisotopic (exact) mass is 692 g/mol. The summed E-state index contributed by atoms with van der Waals surface area (Å²) in [6.45, 7) is 10.3. The van der Waals surface area contributed by atoms with Crippen LogP contribution in [0.2, 0.25) is 0 Å². The summed E-state index contributed by atoms with van der Waals surface area (Å²) in [7, 11) is 0. The van der Waals surface area contributed by atoms with Crippen molar-refractivity contribution in [3.63, 3.8) is 0 Å². The summed E-state index contributed by atoms with van der Waals surface area (Å²) in [5, 5.41) is 6.60. The predicted molar refractivity (Wildman–Crippen MR) is 201 cm³/mol. The average Bonchev–Trinajstić information content (AvgIpc) is 3.18. The Labute approximate surface area is 300 Å². The second-order valence-electron chi connectivity index (χ2n) is 14.6. The van der Waals surface area contributed by atoms with Crippen molar-refractivity contribution in [3.8, 4) is 0 Å². The van der Waals surface area contributed by atoms with E-state index < -0.39 is 29.3 Å². The van der Waals surface area contributed by atoms with E-state index in [0.717, 1.165) is 48.2 Å². The summed E-state index contributed by atoms with van der Waals surface area (Å²) < 4.78 is 10.9. The smallest absolute Gasteiger partial charge is 0.427 e. The highest BCUT2D eigenvalue weighted by molar-refractivity contribution is 6.14. The highest BCUT2D eigenvalue weighted by atomic mass is 16.6. The average molecular weight is 693 g/mol. The summed E-state index contributed by atoms with van der Waals surface area (Å²) in [4.78, 5) is 47.2. The van der Waals surface area contributed by atoms with Gasteiger partial charge in [0.25, 0.3) is 0 Å². The van der Waals surface area contributed by atoms with Crippen LogP contribution in [0.15, 0.2) is 95.0 Å². The first-order chi connectivity index (χ1) is 24.2. The molecule has 0 radical (unpaired) electrons. The molecule has 0 saturated heterocycles. The van der Waals surface area contributed by atoms with Crippen molar-refractivity contribution >= 4 is 53.0 Å². The zero-order valence-electron chi connectivity index (χ0n) is 30.3. The van der Waals surface area contributed by atoms with Crippen LogP contribution in [-0.4, -0.2) is 57.5 Å². The van der Waals surface area contributed by atoms with Gasteiger partial charge in [-0.25, -0.2) is 24.4 Å². The number of imide groups is 1. The third kappa shape index (κ3) is 9.62. The molecule has 11 nitrogen and oxygen atoms in total. The largest absolute Gasteiger partial charge is 0.443 e. The second kappa shape index (κ2) is 15.6. The number of ether oxygens (including phenoxy) is 2. The van der Waals surface area contributed by atoms with Gasteiger partial charge in [0.1, 0.15) is 11.2 Å². The van der Waals surface area contributed by atoms with E-state index in [0.29, 0.717) is 16.3 Å². The Bertz CT molecular complexity index is 1770. The van der Waals surface area contributed by atoms with Crippen LogP contribution in [0.3, 0.4) is 0 Å². The van der Waals surface area contributed by atoms with Gasteiger partial charge in [0, 0.05) is 11.5 Å². The molecule has 3 aromatic rings. The van der Waals surface area contributed by atoms with Crippen LogP contribution in [0.25, 0.3) is 6.08 Å². The Morgan fingerprint density at radius 1 is 0.863 bits per heavy atom. The lowest BCUT2D eigenvalue weighted by molar-refractivity contribution is 0.0145. The fourth-order valence-electron chi connectivity index (χ4n) is 5.96. The van der Waals surface area contributed by atoms with Crippen molar-refractivity contribution in [2.24, 2.45) is 21.7 Å². The number of aliphatic imine (C=N–C) groups is 1. The number of hydrazone groups is 1. The van der Waals surface area contributed by atoms with Gasteiger partial charge >= 0.3 is 18.2 Å². The molecule has 1 aliphatic heterocycles. The third-order valence-corrected chi connectivity index (χ3v) is 8.17. The fourth-order valence-corrected chi connectivity index (χ4v) is 5.96. The maximum Gasteiger partial charge on any atom is 0.427 e. The molecule has 5 rings (SSSR count). The normalized spacial score (nSPS) is 16.0. The number of amides is 4. The van der Waals surface area contributed by atoms with Crippen LogP contribution in [0.1, 0.15) is 84.8 Å². The van der Waals surface area contributed by atoms with Crippen LogP contribution in [0, 0.1) is 5.92 Å². The van der Waals surface area contributed by atoms with Gasteiger partial charge in [0.2, 0.25) is 5.96 Å². The molecule has 0 atom stereocenters. The molecule has 11 heteroatoms. The molecule has 0 aromatic heterocycles. The molecule has 0 spiro atoms. The van der Waals surface area contributed by atoms with Crippen LogP contribution in [-0.2, 0) is 9.47 Å². The molecule has 0 unspecified atom stereocenters. The number of urea groups is 1. The van der Waals surface area contributed by atoms with Gasteiger partial charge in [-0.2, -0.15) is 5.10 Å². The third-order valence-electron chi connectivity index (χ3n) is 8.17. The van der Waals surface area contributed by atoms with E-state index in [9.17, 15) is 14.4 Å². The van der Waals surface area contributed by atoms with Crippen molar-refractivity contribution in [1.82, 2.24) is 9.91 Å². The summed E-state index contributed by atoms with van der Waals surface area (Å²) in [5.41, 5.74) is 8.98. The van der Waals surface area contributed by atoms with Crippen molar-refractivity contribution in [2.75, 3.05) is 11.4 Å². The van der Waals surface area contributed by atoms with E-state index in [4.69, 9.17) is 20.3 Å². The molecular formula is C40H48N6O5. The minimum absolute atomic E-state index is 0.242. The van der Waals surface area contributed by atoms with Crippen molar-refractivity contribution in [2.45, 2.75) is 84.8 Å². The number of nitrogens with two attached hydrogens (primary N) is 1. The quantitative estimate of drug-likeness (QED) is 0.202. The highest BCUT2D eigenvalue weighted by Crippen LogP contribution is 2.38. The number of guanidine groups is 1. The summed E-state index contributed by atoms with van der Waals surface area (Å²) >= 11 is 0. The van der Waals surface area contributed by atoms with Crippen LogP contribution < -0.4 is 10.6 Å². The van der Waals surface area contributed by atoms with Gasteiger partial charge in [-0.1, -0.05) is 79.9 Å². The summed E-state index contributed by atoms with van der Waals surface area (Å²) in [5.74, 6) is -0.185. The van der Waals surface area contributed by atoms with Gasteiger partial charge in [-0.15, -0.1) is 4.90 Å². The standard InChI is InChI=1S/C40H48N6O5/c1-39(2,3)50-37(48)46(38(49)51-40(4,5)6)35(41)42-30-23-25-31(26-24-30)45-33-22-14-13-21-32(33)34(29-19-11-8-12-20-29)43-44(36(45)47)27-15-18-28-16-9-7-10-17-28/h7,9-10,13-18,21-26,29H,8,11-12,19-20,27H2,1-6H3,(H2,41,42)/b18-15+. The van der Waals surface area contributed by atoms with Crippen LogP contribution in [0.4, 0.5) is 31.4 Å².